The molecular formula is C6H12N2O2. The van der Waals surface area contributed by atoms with Gasteiger partial charge in [0.2, 0.25) is 0 Å². The highest BCUT2D eigenvalue weighted by atomic mass is 16.5. The van der Waals surface area contributed by atoms with Gasteiger partial charge in [-0.05, 0) is 6.42 Å². The highest BCUT2D eigenvalue weighted by Gasteiger charge is 2.27. The lowest BCUT2D eigenvalue weighted by Gasteiger charge is -2.05. The maximum absolute atomic E-state index is 10.8. The van der Waals surface area contributed by atoms with Crippen LogP contribution >= 0.6 is 0 Å². The molecule has 1 rings (SSSR count). The number of hydrogen-bond acceptors (Lipinski definition) is 4. The van der Waals surface area contributed by atoms with Gasteiger partial charge in [-0.2, -0.15) is 0 Å². The fourth-order valence-corrected chi connectivity index (χ4v) is 1.08. The SMILES string of the molecule is COC(=O)[C@@H]1C[C@H](N)CN1. The lowest BCUT2D eigenvalue weighted by Crippen LogP contribution is -2.31. The number of nitrogens with one attached hydrogen (secondary N) is 1. The second kappa shape index (κ2) is 2.98. The second-order valence-electron chi connectivity index (χ2n) is 2.48. The number of esters is 1. The molecule has 0 radical (unpaired) electrons. The van der Waals surface area contributed by atoms with Crippen LogP contribution in [0.4, 0.5) is 0 Å². The van der Waals surface area contributed by atoms with Gasteiger partial charge in [-0.1, -0.05) is 0 Å². The molecule has 1 aliphatic heterocycles. The van der Waals surface area contributed by atoms with Crippen molar-refractivity contribution in [1.82, 2.24) is 5.32 Å². The number of rotatable bonds is 1. The summed E-state index contributed by atoms with van der Waals surface area (Å²) in [4.78, 5) is 10.8. The zero-order chi connectivity index (χ0) is 7.56. The van der Waals surface area contributed by atoms with E-state index in [-0.39, 0.29) is 18.1 Å². The molecule has 0 aliphatic carbocycles. The van der Waals surface area contributed by atoms with E-state index in [1.165, 1.54) is 7.11 Å². The van der Waals surface area contributed by atoms with Gasteiger partial charge in [-0.3, -0.25) is 4.79 Å². The van der Waals surface area contributed by atoms with Gasteiger partial charge in [0.05, 0.1) is 7.11 Å². The molecule has 58 valence electrons. The first-order valence-corrected chi connectivity index (χ1v) is 3.31. The van der Waals surface area contributed by atoms with Crippen molar-refractivity contribution >= 4 is 5.97 Å². The molecule has 0 aromatic carbocycles. The highest BCUT2D eigenvalue weighted by molar-refractivity contribution is 5.76. The molecule has 1 fully saturated rings. The largest absolute Gasteiger partial charge is 0.468 e. The minimum Gasteiger partial charge on any atom is -0.468 e. The molecule has 0 spiro atoms. The van der Waals surface area contributed by atoms with E-state index in [2.05, 4.69) is 10.1 Å². The highest BCUT2D eigenvalue weighted by Crippen LogP contribution is 2.04. The summed E-state index contributed by atoms with van der Waals surface area (Å²) in [6.07, 6.45) is 0.687. The molecule has 0 unspecified atom stereocenters. The standard InChI is InChI=1S/C6H12N2O2/c1-10-6(9)5-2-4(7)3-8-5/h4-5,8H,2-3,7H2,1H3/t4-,5-/m0/s1. The molecule has 1 saturated heterocycles. The molecular weight excluding hydrogens is 132 g/mol. The molecule has 1 heterocycles. The lowest BCUT2D eigenvalue weighted by atomic mass is 10.2. The van der Waals surface area contributed by atoms with Crippen molar-refractivity contribution in [2.45, 2.75) is 18.5 Å². The van der Waals surface area contributed by atoms with Gasteiger partial charge in [-0.15, -0.1) is 0 Å². The van der Waals surface area contributed by atoms with Crippen LogP contribution in [0, 0.1) is 0 Å². The minimum absolute atomic E-state index is 0.101. The van der Waals surface area contributed by atoms with Crippen LogP contribution in [0.15, 0.2) is 0 Å². The number of carbonyl (C=O) groups excluding carboxylic acids is 1. The normalized spacial score (nSPS) is 32.2. The van der Waals surface area contributed by atoms with Gasteiger partial charge < -0.3 is 15.8 Å². The molecule has 4 nitrogen and oxygen atoms in total. The van der Waals surface area contributed by atoms with Gasteiger partial charge in [0.25, 0.3) is 0 Å². The third kappa shape index (κ3) is 1.46. The fraction of sp³-hybridized carbons (Fsp3) is 0.833. The third-order valence-corrected chi connectivity index (χ3v) is 1.65. The third-order valence-electron chi connectivity index (χ3n) is 1.65. The summed E-state index contributed by atoms with van der Waals surface area (Å²) in [6.45, 7) is 0.708. The summed E-state index contributed by atoms with van der Waals surface area (Å²) in [5, 5.41) is 2.96. The Hall–Kier alpha value is -0.610. The van der Waals surface area contributed by atoms with E-state index in [1.54, 1.807) is 0 Å². The van der Waals surface area contributed by atoms with Crippen LogP contribution in [0.1, 0.15) is 6.42 Å². The van der Waals surface area contributed by atoms with Crippen LogP contribution in [0.2, 0.25) is 0 Å². The number of carbonyl (C=O) groups is 1. The fourth-order valence-electron chi connectivity index (χ4n) is 1.08. The Bertz CT molecular complexity index is 138. The quantitative estimate of drug-likeness (QED) is 0.456. The first-order valence-electron chi connectivity index (χ1n) is 3.31. The molecule has 0 bridgehead atoms. The number of nitrogens with two attached hydrogens (primary N) is 1. The van der Waals surface area contributed by atoms with Crippen molar-refractivity contribution in [3.63, 3.8) is 0 Å². The summed E-state index contributed by atoms with van der Waals surface area (Å²) >= 11 is 0. The van der Waals surface area contributed by atoms with Crippen LogP contribution in [0.25, 0.3) is 0 Å². The van der Waals surface area contributed by atoms with Crippen molar-refractivity contribution in [2.24, 2.45) is 5.73 Å². The van der Waals surface area contributed by atoms with Crippen molar-refractivity contribution in [3.8, 4) is 0 Å². The number of ether oxygens (including phenoxy) is 1. The van der Waals surface area contributed by atoms with Crippen LogP contribution in [0.3, 0.4) is 0 Å². The van der Waals surface area contributed by atoms with Gasteiger partial charge in [0, 0.05) is 12.6 Å². The van der Waals surface area contributed by atoms with E-state index in [0.29, 0.717) is 13.0 Å². The summed E-state index contributed by atoms with van der Waals surface area (Å²) < 4.78 is 4.53. The van der Waals surface area contributed by atoms with Crippen molar-refractivity contribution < 1.29 is 9.53 Å². The Morgan fingerprint density at radius 3 is 2.90 bits per heavy atom. The molecule has 0 aromatic rings. The van der Waals surface area contributed by atoms with Gasteiger partial charge in [0.15, 0.2) is 0 Å². The van der Waals surface area contributed by atoms with Crippen molar-refractivity contribution in [3.05, 3.63) is 0 Å². The maximum Gasteiger partial charge on any atom is 0.322 e. The van der Waals surface area contributed by atoms with Gasteiger partial charge in [-0.25, -0.2) is 0 Å². The summed E-state index contributed by atoms with van der Waals surface area (Å²) in [5.41, 5.74) is 5.55. The van der Waals surface area contributed by atoms with Crippen molar-refractivity contribution in [2.75, 3.05) is 13.7 Å². The van der Waals surface area contributed by atoms with E-state index < -0.39 is 0 Å². The van der Waals surface area contributed by atoms with E-state index in [0.717, 1.165) is 0 Å². The molecule has 0 aromatic heterocycles. The Kier molecular flexibility index (Phi) is 2.24. The van der Waals surface area contributed by atoms with Gasteiger partial charge >= 0.3 is 5.97 Å². The average molecular weight is 144 g/mol. The minimum atomic E-state index is -0.215. The molecule has 3 N–H and O–H groups in total. The van der Waals surface area contributed by atoms with E-state index in [1.807, 2.05) is 0 Å². The molecule has 10 heavy (non-hydrogen) atoms. The van der Waals surface area contributed by atoms with Crippen LogP contribution < -0.4 is 11.1 Å². The monoisotopic (exact) mass is 144 g/mol. The summed E-state index contributed by atoms with van der Waals surface area (Å²) in [7, 11) is 1.38. The Morgan fingerprint density at radius 2 is 2.50 bits per heavy atom. The van der Waals surface area contributed by atoms with Crippen molar-refractivity contribution in [1.29, 1.82) is 0 Å². The molecule has 0 amide bonds. The molecule has 0 saturated carbocycles. The smallest absolute Gasteiger partial charge is 0.322 e. The summed E-state index contributed by atoms with van der Waals surface area (Å²) in [6, 6.07) is -0.0795. The second-order valence-corrected chi connectivity index (χ2v) is 2.48. The number of methoxy groups -OCH3 is 1. The van der Waals surface area contributed by atoms with Gasteiger partial charge in [0.1, 0.15) is 6.04 Å². The van der Waals surface area contributed by atoms with Crippen LogP contribution in [-0.4, -0.2) is 31.7 Å². The molecule has 1 aliphatic rings. The average Bonchev–Trinajstić information content (AvgIpc) is 2.34. The summed E-state index contributed by atoms with van der Waals surface area (Å²) in [5.74, 6) is -0.215. The zero-order valence-electron chi connectivity index (χ0n) is 5.96. The van der Waals surface area contributed by atoms with E-state index >= 15 is 0 Å². The first-order chi connectivity index (χ1) is 4.74. The lowest BCUT2D eigenvalue weighted by molar-refractivity contribution is -0.142. The predicted molar refractivity (Wildman–Crippen MR) is 36.4 cm³/mol. The Labute approximate surface area is 59.7 Å². The first kappa shape index (κ1) is 7.50. The maximum atomic E-state index is 10.8. The van der Waals surface area contributed by atoms with E-state index in [4.69, 9.17) is 5.73 Å². The zero-order valence-corrected chi connectivity index (χ0v) is 5.96. The van der Waals surface area contributed by atoms with E-state index in [9.17, 15) is 4.79 Å². The van der Waals surface area contributed by atoms with Crippen LogP contribution in [-0.2, 0) is 9.53 Å². The predicted octanol–water partition coefficient (Wildman–Crippen LogP) is -1.15. The Balaban J connectivity index is 2.37. The number of hydrogen-bond donors (Lipinski definition) is 2. The molecule has 2 atom stereocenters. The topological polar surface area (TPSA) is 64.3 Å². The van der Waals surface area contributed by atoms with Crippen LogP contribution in [0.5, 0.6) is 0 Å². The molecule has 4 heteroatoms. The Morgan fingerprint density at radius 1 is 1.80 bits per heavy atom.